The molecule has 2 N–H and O–H groups in total. The van der Waals surface area contributed by atoms with E-state index in [0.717, 1.165) is 28.8 Å². The van der Waals surface area contributed by atoms with Gasteiger partial charge in [0.25, 0.3) is 5.91 Å². The molecule has 188 valence electrons. The number of aromatic nitrogens is 2. The summed E-state index contributed by atoms with van der Waals surface area (Å²) in [6.45, 7) is 12.4. The lowest BCUT2D eigenvalue weighted by Gasteiger charge is -2.34. The van der Waals surface area contributed by atoms with E-state index in [9.17, 15) is 4.79 Å². The Balaban J connectivity index is 1.89. The lowest BCUT2D eigenvalue weighted by Crippen LogP contribution is -2.40. The van der Waals surface area contributed by atoms with Gasteiger partial charge < -0.3 is 15.2 Å². The molecule has 5 heteroatoms. The molecule has 4 aromatic rings. The number of carbonyl (C=O) groups excluding carboxylic acids is 1. The molecule has 0 aliphatic heterocycles. The van der Waals surface area contributed by atoms with Crippen LogP contribution in [-0.4, -0.2) is 33.4 Å². The van der Waals surface area contributed by atoms with Crippen molar-refractivity contribution >= 4 is 16.9 Å². The minimum atomic E-state index is -0.193. The molecular formula is C31H38N4O. The molecule has 0 spiro atoms. The number of fused-ring (bicyclic) bond motifs is 1. The second kappa shape index (κ2) is 11.1. The zero-order chi connectivity index (χ0) is 25.8. The Morgan fingerprint density at radius 3 is 2.31 bits per heavy atom. The number of amides is 1. The van der Waals surface area contributed by atoms with Crippen molar-refractivity contribution in [3.05, 3.63) is 100 Å². The smallest absolute Gasteiger partial charge is 0.254 e. The number of carbonyl (C=O) groups is 1. The van der Waals surface area contributed by atoms with E-state index in [1.54, 1.807) is 0 Å². The summed E-state index contributed by atoms with van der Waals surface area (Å²) < 4.78 is 2.31. The van der Waals surface area contributed by atoms with Crippen molar-refractivity contribution in [2.75, 3.05) is 13.1 Å². The van der Waals surface area contributed by atoms with Gasteiger partial charge in [-0.15, -0.1) is 0 Å². The fraction of sp³-hybridized carbons (Fsp3) is 0.355. The van der Waals surface area contributed by atoms with Crippen molar-refractivity contribution in [3.8, 4) is 0 Å². The summed E-state index contributed by atoms with van der Waals surface area (Å²) in [7, 11) is 0. The Morgan fingerprint density at radius 2 is 1.67 bits per heavy atom. The van der Waals surface area contributed by atoms with Crippen LogP contribution in [0.2, 0.25) is 0 Å². The molecule has 1 amide bonds. The third-order valence-corrected chi connectivity index (χ3v) is 7.05. The van der Waals surface area contributed by atoms with Gasteiger partial charge in [-0.25, -0.2) is 4.98 Å². The van der Waals surface area contributed by atoms with Crippen molar-refractivity contribution < 1.29 is 4.79 Å². The summed E-state index contributed by atoms with van der Waals surface area (Å²) in [6, 6.07) is 22.4. The first-order valence-electron chi connectivity index (χ1n) is 12.9. The van der Waals surface area contributed by atoms with Crippen LogP contribution >= 0.6 is 0 Å². The number of aryl methyl sites for hydroxylation is 3. The number of imidazole rings is 1. The number of hydrogen-bond acceptors (Lipinski definition) is 3. The highest BCUT2D eigenvalue weighted by Gasteiger charge is 2.33. The van der Waals surface area contributed by atoms with E-state index in [-0.39, 0.29) is 17.9 Å². The lowest BCUT2D eigenvalue weighted by atomic mass is 9.99. The Morgan fingerprint density at radius 1 is 0.972 bits per heavy atom. The highest BCUT2D eigenvalue weighted by atomic mass is 16.2. The molecule has 1 atom stereocenters. The SMILES string of the molecule is Cc1ccc(C(=O)N(CCCN)C(c2nc3c(C)c(C)ccc3n2Cc2ccccc2)C(C)C)cc1. The summed E-state index contributed by atoms with van der Waals surface area (Å²) in [5, 5.41) is 0. The van der Waals surface area contributed by atoms with Crippen LogP contribution in [0.3, 0.4) is 0 Å². The molecule has 0 bridgehead atoms. The highest BCUT2D eigenvalue weighted by molar-refractivity contribution is 5.94. The molecule has 0 saturated heterocycles. The van der Waals surface area contributed by atoms with E-state index in [2.05, 4.69) is 68.7 Å². The van der Waals surface area contributed by atoms with Crippen LogP contribution in [0.15, 0.2) is 66.7 Å². The van der Waals surface area contributed by atoms with Crippen LogP contribution in [0.4, 0.5) is 0 Å². The number of hydrogen-bond donors (Lipinski definition) is 1. The first kappa shape index (κ1) is 25.6. The monoisotopic (exact) mass is 482 g/mol. The van der Waals surface area contributed by atoms with Gasteiger partial charge in [0, 0.05) is 18.7 Å². The average Bonchev–Trinajstić information content (AvgIpc) is 3.22. The molecule has 1 aromatic heterocycles. The molecule has 0 fully saturated rings. The molecule has 1 heterocycles. The van der Waals surface area contributed by atoms with E-state index in [0.29, 0.717) is 25.2 Å². The maximum Gasteiger partial charge on any atom is 0.254 e. The first-order chi connectivity index (χ1) is 17.3. The van der Waals surface area contributed by atoms with Crippen molar-refractivity contribution in [1.82, 2.24) is 14.5 Å². The lowest BCUT2D eigenvalue weighted by molar-refractivity contribution is 0.0605. The van der Waals surface area contributed by atoms with Crippen molar-refractivity contribution in [2.45, 2.75) is 53.6 Å². The molecule has 4 rings (SSSR count). The molecule has 0 radical (unpaired) electrons. The molecule has 5 nitrogen and oxygen atoms in total. The van der Waals surface area contributed by atoms with Crippen molar-refractivity contribution in [1.29, 1.82) is 0 Å². The molecule has 36 heavy (non-hydrogen) atoms. The summed E-state index contributed by atoms with van der Waals surface area (Å²) in [5.41, 5.74) is 13.5. The molecule has 1 unspecified atom stereocenters. The molecule has 0 saturated carbocycles. The minimum Gasteiger partial charge on any atom is -0.330 e. The van der Waals surface area contributed by atoms with Crippen molar-refractivity contribution in [3.63, 3.8) is 0 Å². The predicted molar refractivity (Wildman–Crippen MR) is 148 cm³/mol. The zero-order valence-electron chi connectivity index (χ0n) is 22.2. The third kappa shape index (κ3) is 5.21. The topological polar surface area (TPSA) is 64.2 Å². The van der Waals surface area contributed by atoms with Gasteiger partial charge >= 0.3 is 0 Å². The van der Waals surface area contributed by atoms with E-state index in [1.807, 2.05) is 42.2 Å². The summed E-state index contributed by atoms with van der Waals surface area (Å²) in [4.78, 5) is 21.2. The fourth-order valence-corrected chi connectivity index (χ4v) is 4.89. The number of nitrogens with zero attached hydrogens (tertiary/aromatic N) is 3. The van der Waals surface area contributed by atoms with Gasteiger partial charge in [0.2, 0.25) is 0 Å². The Labute approximate surface area is 215 Å². The summed E-state index contributed by atoms with van der Waals surface area (Å²) >= 11 is 0. The standard InChI is InChI=1S/C31H38N4O/c1-21(2)29(34(19-9-18-32)31(36)26-15-12-22(3)13-16-26)30-33-28-24(5)23(4)14-17-27(28)35(30)20-25-10-7-6-8-11-25/h6-8,10-17,21,29H,9,18-20,32H2,1-5H3. The van der Waals surface area contributed by atoms with Gasteiger partial charge in [-0.3, -0.25) is 4.79 Å². The van der Waals surface area contributed by atoms with Gasteiger partial charge in [-0.2, -0.15) is 0 Å². The molecule has 0 aliphatic rings. The normalized spacial score (nSPS) is 12.3. The molecular weight excluding hydrogens is 444 g/mol. The average molecular weight is 483 g/mol. The minimum absolute atomic E-state index is 0.0216. The summed E-state index contributed by atoms with van der Waals surface area (Å²) in [5.74, 6) is 1.10. The number of rotatable bonds is 9. The Kier molecular flexibility index (Phi) is 7.90. The van der Waals surface area contributed by atoms with Crippen LogP contribution in [0, 0.1) is 26.7 Å². The molecule has 0 aliphatic carbocycles. The largest absolute Gasteiger partial charge is 0.330 e. The second-order valence-corrected chi connectivity index (χ2v) is 10.1. The number of benzene rings is 3. The van der Waals surface area contributed by atoms with Crippen LogP contribution in [0.1, 0.15) is 64.7 Å². The maximum absolute atomic E-state index is 13.9. The van der Waals surface area contributed by atoms with Crippen LogP contribution < -0.4 is 5.73 Å². The third-order valence-electron chi connectivity index (χ3n) is 7.05. The van der Waals surface area contributed by atoms with Crippen LogP contribution in [0.5, 0.6) is 0 Å². The fourth-order valence-electron chi connectivity index (χ4n) is 4.89. The quantitative estimate of drug-likeness (QED) is 0.309. The van der Waals surface area contributed by atoms with E-state index in [1.165, 1.54) is 16.7 Å². The van der Waals surface area contributed by atoms with Gasteiger partial charge in [-0.05, 0) is 74.5 Å². The molecule has 3 aromatic carbocycles. The van der Waals surface area contributed by atoms with E-state index >= 15 is 0 Å². The van der Waals surface area contributed by atoms with E-state index in [4.69, 9.17) is 10.7 Å². The van der Waals surface area contributed by atoms with Crippen molar-refractivity contribution in [2.24, 2.45) is 11.7 Å². The zero-order valence-corrected chi connectivity index (χ0v) is 22.2. The van der Waals surface area contributed by atoms with E-state index < -0.39 is 0 Å². The maximum atomic E-state index is 13.9. The predicted octanol–water partition coefficient (Wildman–Crippen LogP) is 6.20. The van der Waals surface area contributed by atoms with Gasteiger partial charge in [0.15, 0.2) is 0 Å². The Bertz CT molecular complexity index is 1320. The van der Waals surface area contributed by atoms with Gasteiger partial charge in [-0.1, -0.05) is 67.9 Å². The first-order valence-corrected chi connectivity index (χ1v) is 12.9. The second-order valence-electron chi connectivity index (χ2n) is 10.1. The van der Waals surface area contributed by atoms with Gasteiger partial charge in [0.1, 0.15) is 5.82 Å². The highest BCUT2D eigenvalue weighted by Crippen LogP contribution is 2.34. The Hall–Kier alpha value is -3.44. The van der Waals surface area contributed by atoms with Crippen LogP contribution in [0.25, 0.3) is 11.0 Å². The number of nitrogens with two attached hydrogens (primary N) is 1. The summed E-state index contributed by atoms with van der Waals surface area (Å²) in [6.07, 6.45) is 0.734. The van der Waals surface area contributed by atoms with Gasteiger partial charge in [0.05, 0.1) is 17.1 Å². The van der Waals surface area contributed by atoms with Crippen LogP contribution in [-0.2, 0) is 6.54 Å².